The molecule has 4 heteroatoms. The molecule has 1 heterocycles. The van der Waals surface area contributed by atoms with Gasteiger partial charge in [0.1, 0.15) is 0 Å². The van der Waals surface area contributed by atoms with Crippen molar-refractivity contribution in [2.75, 3.05) is 11.6 Å². The van der Waals surface area contributed by atoms with E-state index in [-0.39, 0.29) is 5.91 Å². The molecule has 0 aliphatic rings. The fourth-order valence-electron chi connectivity index (χ4n) is 2.36. The molecule has 0 aliphatic heterocycles. The molecule has 0 radical (unpaired) electrons. The summed E-state index contributed by atoms with van der Waals surface area (Å²) in [6.45, 7) is 0. The van der Waals surface area contributed by atoms with Crippen molar-refractivity contribution in [1.29, 1.82) is 0 Å². The molecule has 23 heavy (non-hydrogen) atoms. The summed E-state index contributed by atoms with van der Waals surface area (Å²) in [4.78, 5) is 13.3. The number of aromatic nitrogens is 1. The fraction of sp³-hybridized carbons (Fsp3) is 0.105. The van der Waals surface area contributed by atoms with Crippen LogP contribution in [0.2, 0.25) is 0 Å². The van der Waals surface area contributed by atoms with Crippen LogP contribution in [0.1, 0.15) is 5.56 Å². The van der Waals surface area contributed by atoms with Crippen LogP contribution in [-0.2, 0) is 11.2 Å². The molecule has 3 nitrogen and oxygen atoms in total. The van der Waals surface area contributed by atoms with Crippen molar-refractivity contribution in [1.82, 2.24) is 4.57 Å². The van der Waals surface area contributed by atoms with Crippen molar-refractivity contribution in [3.8, 4) is 5.69 Å². The van der Waals surface area contributed by atoms with Gasteiger partial charge in [-0.15, -0.1) is 11.8 Å². The van der Waals surface area contributed by atoms with Gasteiger partial charge in [-0.2, -0.15) is 0 Å². The van der Waals surface area contributed by atoms with Gasteiger partial charge in [-0.1, -0.05) is 12.1 Å². The zero-order valence-electron chi connectivity index (χ0n) is 12.9. The second kappa shape index (κ2) is 7.20. The highest BCUT2D eigenvalue weighted by Crippen LogP contribution is 2.18. The van der Waals surface area contributed by atoms with E-state index in [0.29, 0.717) is 6.42 Å². The summed E-state index contributed by atoms with van der Waals surface area (Å²) in [5.74, 6) is -0.00406. The number of rotatable bonds is 5. The highest BCUT2D eigenvalue weighted by atomic mass is 32.2. The van der Waals surface area contributed by atoms with Crippen LogP contribution < -0.4 is 5.32 Å². The second-order valence-corrected chi connectivity index (χ2v) is 6.09. The zero-order valence-corrected chi connectivity index (χ0v) is 13.7. The third-order valence-electron chi connectivity index (χ3n) is 3.58. The van der Waals surface area contributed by atoms with E-state index in [1.54, 1.807) is 11.8 Å². The van der Waals surface area contributed by atoms with E-state index in [1.807, 2.05) is 83.9 Å². The van der Waals surface area contributed by atoms with E-state index in [0.717, 1.165) is 16.9 Å². The molecule has 3 aromatic rings. The summed E-state index contributed by atoms with van der Waals surface area (Å²) >= 11 is 1.68. The Morgan fingerprint density at radius 1 is 1.00 bits per heavy atom. The van der Waals surface area contributed by atoms with E-state index in [1.165, 1.54) is 4.90 Å². The van der Waals surface area contributed by atoms with E-state index in [4.69, 9.17) is 0 Å². The van der Waals surface area contributed by atoms with Crippen molar-refractivity contribution < 1.29 is 4.79 Å². The lowest BCUT2D eigenvalue weighted by Crippen LogP contribution is -2.14. The first-order chi connectivity index (χ1) is 11.2. The van der Waals surface area contributed by atoms with Crippen LogP contribution >= 0.6 is 11.8 Å². The predicted molar refractivity (Wildman–Crippen MR) is 96.3 cm³/mol. The number of nitrogens with one attached hydrogen (secondary N) is 1. The van der Waals surface area contributed by atoms with Gasteiger partial charge in [0.25, 0.3) is 0 Å². The van der Waals surface area contributed by atoms with Crippen molar-refractivity contribution in [2.24, 2.45) is 0 Å². The maximum atomic E-state index is 12.1. The van der Waals surface area contributed by atoms with Crippen LogP contribution in [-0.4, -0.2) is 16.7 Å². The van der Waals surface area contributed by atoms with Crippen LogP contribution in [0.4, 0.5) is 5.69 Å². The number of amides is 1. The van der Waals surface area contributed by atoms with Crippen LogP contribution in [0, 0.1) is 0 Å². The molecule has 1 amide bonds. The summed E-state index contributed by atoms with van der Waals surface area (Å²) in [5.41, 5.74) is 2.92. The Bertz CT molecular complexity index is 762. The lowest BCUT2D eigenvalue weighted by atomic mass is 10.1. The second-order valence-electron chi connectivity index (χ2n) is 5.21. The molecule has 0 unspecified atom stereocenters. The first-order valence-corrected chi connectivity index (χ1v) is 8.63. The van der Waals surface area contributed by atoms with E-state index in [9.17, 15) is 4.79 Å². The highest BCUT2D eigenvalue weighted by Gasteiger charge is 2.05. The number of hydrogen-bond acceptors (Lipinski definition) is 2. The Morgan fingerprint density at radius 2 is 1.65 bits per heavy atom. The number of benzene rings is 2. The van der Waals surface area contributed by atoms with Crippen LogP contribution in [0.15, 0.2) is 78.0 Å². The average Bonchev–Trinajstić information content (AvgIpc) is 3.11. The Labute approximate surface area is 140 Å². The minimum atomic E-state index is -0.00406. The van der Waals surface area contributed by atoms with Gasteiger partial charge in [-0.25, -0.2) is 0 Å². The van der Waals surface area contributed by atoms with Gasteiger partial charge in [0.15, 0.2) is 0 Å². The molecule has 0 atom stereocenters. The van der Waals surface area contributed by atoms with Crippen LogP contribution in [0.5, 0.6) is 0 Å². The van der Waals surface area contributed by atoms with Gasteiger partial charge in [-0.3, -0.25) is 4.79 Å². The Hall–Kier alpha value is -2.46. The molecular formula is C19H18N2OS. The Balaban J connectivity index is 1.61. The Kier molecular flexibility index (Phi) is 4.83. The maximum absolute atomic E-state index is 12.1. The molecule has 3 rings (SSSR count). The van der Waals surface area contributed by atoms with Crippen molar-refractivity contribution >= 4 is 23.4 Å². The molecule has 0 saturated heterocycles. The summed E-state index contributed by atoms with van der Waals surface area (Å²) in [6.07, 6.45) is 6.40. The van der Waals surface area contributed by atoms with Crippen LogP contribution in [0.3, 0.4) is 0 Å². The molecule has 0 bridgehead atoms. The molecule has 2 aromatic carbocycles. The number of hydrogen-bond donors (Lipinski definition) is 1. The van der Waals surface area contributed by atoms with Crippen LogP contribution in [0.25, 0.3) is 5.69 Å². The van der Waals surface area contributed by atoms with Gasteiger partial charge in [0.2, 0.25) is 5.91 Å². The molecule has 0 aliphatic carbocycles. The number of anilines is 1. The van der Waals surface area contributed by atoms with E-state index in [2.05, 4.69) is 5.32 Å². The molecular weight excluding hydrogens is 304 g/mol. The first-order valence-electron chi connectivity index (χ1n) is 7.41. The van der Waals surface area contributed by atoms with Crippen molar-refractivity contribution in [3.63, 3.8) is 0 Å². The zero-order chi connectivity index (χ0) is 16.1. The van der Waals surface area contributed by atoms with Gasteiger partial charge in [0, 0.05) is 28.7 Å². The molecule has 116 valence electrons. The quantitative estimate of drug-likeness (QED) is 0.707. The molecule has 1 N–H and O–H groups in total. The van der Waals surface area contributed by atoms with E-state index < -0.39 is 0 Å². The third kappa shape index (κ3) is 4.05. The minimum Gasteiger partial charge on any atom is -0.326 e. The van der Waals surface area contributed by atoms with Crippen molar-refractivity contribution in [2.45, 2.75) is 11.3 Å². The summed E-state index contributed by atoms with van der Waals surface area (Å²) in [7, 11) is 0. The number of thioether (sulfide) groups is 1. The van der Waals surface area contributed by atoms with Gasteiger partial charge in [-0.05, 0) is 60.4 Å². The standard InChI is InChI=1S/C19H18N2OS/c1-23-18-10-6-16(7-11-18)20-19(22)14-15-4-8-17(9-5-15)21-12-2-3-13-21/h2-13H,14H2,1H3,(H,20,22). The largest absolute Gasteiger partial charge is 0.326 e. The number of carbonyl (C=O) groups is 1. The summed E-state index contributed by atoms with van der Waals surface area (Å²) < 4.78 is 2.04. The van der Waals surface area contributed by atoms with Gasteiger partial charge >= 0.3 is 0 Å². The third-order valence-corrected chi connectivity index (χ3v) is 4.32. The fourth-order valence-corrected chi connectivity index (χ4v) is 2.77. The lowest BCUT2D eigenvalue weighted by Gasteiger charge is -2.07. The van der Waals surface area contributed by atoms with E-state index >= 15 is 0 Å². The molecule has 0 fully saturated rings. The number of carbonyl (C=O) groups excluding carboxylic acids is 1. The lowest BCUT2D eigenvalue weighted by molar-refractivity contribution is -0.115. The topological polar surface area (TPSA) is 34.0 Å². The predicted octanol–water partition coefficient (Wildman–Crippen LogP) is 4.38. The normalized spacial score (nSPS) is 10.5. The molecule has 0 saturated carbocycles. The van der Waals surface area contributed by atoms with Crippen molar-refractivity contribution in [3.05, 3.63) is 78.6 Å². The molecule has 1 aromatic heterocycles. The SMILES string of the molecule is CSc1ccc(NC(=O)Cc2ccc(-n3cccc3)cc2)cc1. The average molecular weight is 322 g/mol. The van der Waals surface area contributed by atoms with Gasteiger partial charge in [0.05, 0.1) is 6.42 Å². The summed E-state index contributed by atoms with van der Waals surface area (Å²) in [6, 6.07) is 19.9. The summed E-state index contributed by atoms with van der Waals surface area (Å²) in [5, 5.41) is 2.93. The smallest absolute Gasteiger partial charge is 0.228 e. The molecule has 0 spiro atoms. The minimum absolute atomic E-state index is 0.00406. The monoisotopic (exact) mass is 322 g/mol. The van der Waals surface area contributed by atoms with Gasteiger partial charge < -0.3 is 9.88 Å². The highest BCUT2D eigenvalue weighted by molar-refractivity contribution is 7.98. The number of nitrogens with zero attached hydrogens (tertiary/aromatic N) is 1. The first kappa shape index (κ1) is 15.4. The Morgan fingerprint density at radius 3 is 2.26 bits per heavy atom. The maximum Gasteiger partial charge on any atom is 0.228 e.